The van der Waals surface area contributed by atoms with Gasteiger partial charge in [-0.15, -0.1) is 0 Å². The summed E-state index contributed by atoms with van der Waals surface area (Å²) >= 11 is 0. The summed E-state index contributed by atoms with van der Waals surface area (Å²) in [5, 5.41) is 8.31. The minimum absolute atomic E-state index is 0.411. The maximum absolute atomic E-state index is 11.4. The Bertz CT molecular complexity index is 266. The maximum Gasteiger partial charge on any atom is 0.254 e. The van der Waals surface area contributed by atoms with Crippen molar-refractivity contribution < 1.29 is 19.7 Å². The number of ketones is 1. The van der Waals surface area contributed by atoms with E-state index in [0.29, 0.717) is 5.56 Å². The van der Waals surface area contributed by atoms with Gasteiger partial charge in [0.15, 0.2) is 0 Å². The van der Waals surface area contributed by atoms with Gasteiger partial charge in [0.1, 0.15) is 0 Å². The Balaban J connectivity index is 2.78. The van der Waals surface area contributed by atoms with Crippen LogP contribution < -0.4 is 0 Å². The van der Waals surface area contributed by atoms with Crippen molar-refractivity contribution >= 4 is 5.78 Å². The number of hydrogen-bond donors (Lipinski definition) is 1. The molecule has 0 saturated heterocycles. The van der Waals surface area contributed by atoms with Crippen LogP contribution in [0.1, 0.15) is 10.4 Å². The molecule has 0 aromatic heterocycles. The predicted octanol–water partition coefficient (Wildman–Crippen LogP) is 1.33. The normalized spacial score (nSPS) is 12.5. The van der Waals surface area contributed by atoms with Gasteiger partial charge in [-0.2, -0.15) is 4.89 Å². The summed E-state index contributed by atoms with van der Waals surface area (Å²) in [5.74, 6) is -0.411. The average Bonchev–Trinajstić information content (AvgIpc) is 2.21. The van der Waals surface area contributed by atoms with Gasteiger partial charge < -0.3 is 4.74 Å². The molecule has 13 heavy (non-hydrogen) atoms. The fourth-order valence-corrected chi connectivity index (χ4v) is 0.936. The van der Waals surface area contributed by atoms with Gasteiger partial charge in [-0.05, 0) is 0 Å². The van der Waals surface area contributed by atoms with Gasteiger partial charge in [0, 0.05) is 12.7 Å². The number of hydrogen-bond acceptors (Lipinski definition) is 4. The minimum Gasteiger partial charge on any atom is -0.347 e. The highest BCUT2D eigenvalue weighted by molar-refractivity contribution is 5.98. The van der Waals surface area contributed by atoms with E-state index in [2.05, 4.69) is 9.62 Å². The molecule has 1 N–H and O–H groups in total. The van der Waals surface area contributed by atoms with Crippen LogP contribution in [0.25, 0.3) is 0 Å². The Hall–Kier alpha value is -1.23. The monoisotopic (exact) mass is 182 g/mol. The SMILES string of the molecule is COC(OO)C(=O)c1ccccc1. The molecule has 1 rings (SSSR count). The molecular weight excluding hydrogens is 172 g/mol. The second-order valence-corrected chi connectivity index (χ2v) is 2.40. The number of rotatable bonds is 4. The highest BCUT2D eigenvalue weighted by Gasteiger charge is 2.19. The van der Waals surface area contributed by atoms with Crippen LogP contribution in [0.2, 0.25) is 0 Å². The third kappa shape index (κ3) is 2.35. The van der Waals surface area contributed by atoms with Crippen LogP contribution in [-0.2, 0) is 9.62 Å². The Labute approximate surface area is 75.6 Å². The summed E-state index contributed by atoms with van der Waals surface area (Å²) < 4.78 is 4.59. The first-order valence-corrected chi connectivity index (χ1v) is 3.72. The minimum atomic E-state index is -1.25. The number of Topliss-reactive ketones (excluding diaryl/α,β-unsaturated/α-hetero) is 1. The van der Waals surface area contributed by atoms with Crippen LogP contribution in [0.3, 0.4) is 0 Å². The van der Waals surface area contributed by atoms with Crippen molar-refractivity contribution in [2.75, 3.05) is 7.11 Å². The van der Waals surface area contributed by atoms with E-state index in [1.54, 1.807) is 30.3 Å². The Morgan fingerprint density at radius 3 is 2.46 bits per heavy atom. The van der Waals surface area contributed by atoms with Crippen LogP contribution in [0.4, 0.5) is 0 Å². The summed E-state index contributed by atoms with van der Waals surface area (Å²) in [6.45, 7) is 0. The lowest BCUT2D eigenvalue weighted by atomic mass is 10.1. The van der Waals surface area contributed by atoms with Gasteiger partial charge in [0.25, 0.3) is 6.29 Å². The molecule has 4 nitrogen and oxygen atoms in total. The standard InChI is InChI=1S/C9H10O4/c1-12-9(13-11)8(10)7-5-3-2-4-6-7/h2-6,9,11H,1H3. The number of carbonyl (C=O) groups excluding carboxylic acids is 1. The first-order valence-electron chi connectivity index (χ1n) is 3.72. The van der Waals surface area contributed by atoms with E-state index >= 15 is 0 Å². The molecule has 0 bridgehead atoms. The molecular formula is C9H10O4. The van der Waals surface area contributed by atoms with Crippen molar-refractivity contribution in [3.63, 3.8) is 0 Å². The van der Waals surface area contributed by atoms with Gasteiger partial charge >= 0.3 is 0 Å². The molecule has 0 saturated carbocycles. The van der Waals surface area contributed by atoms with Crippen LogP contribution in [0.15, 0.2) is 30.3 Å². The zero-order valence-corrected chi connectivity index (χ0v) is 7.14. The quantitative estimate of drug-likeness (QED) is 0.330. The van der Waals surface area contributed by atoms with Gasteiger partial charge in [-0.25, -0.2) is 5.26 Å². The molecule has 1 aromatic carbocycles. The lowest BCUT2D eigenvalue weighted by Crippen LogP contribution is -2.25. The highest BCUT2D eigenvalue weighted by Crippen LogP contribution is 2.05. The van der Waals surface area contributed by atoms with E-state index in [0.717, 1.165) is 0 Å². The summed E-state index contributed by atoms with van der Waals surface area (Å²) in [4.78, 5) is 15.2. The summed E-state index contributed by atoms with van der Waals surface area (Å²) in [5.41, 5.74) is 0.434. The molecule has 1 unspecified atom stereocenters. The largest absolute Gasteiger partial charge is 0.347 e. The number of carbonyl (C=O) groups is 1. The molecule has 0 aliphatic heterocycles. The molecule has 4 heteroatoms. The molecule has 70 valence electrons. The van der Waals surface area contributed by atoms with E-state index in [-0.39, 0.29) is 0 Å². The van der Waals surface area contributed by atoms with Crippen LogP contribution in [0, 0.1) is 0 Å². The van der Waals surface area contributed by atoms with E-state index in [9.17, 15) is 4.79 Å². The van der Waals surface area contributed by atoms with Crippen molar-refractivity contribution in [1.82, 2.24) is 0 Å². The van der Waals surface area contributed by atoms with Crippen molar-refractivity contribution in [1.29, 1.82) is 0 Å². The molecule has 0 heterocycles. The highest BCUT2D eigenvalue weighted by atomic mass is 17.1. The lowest BCUT2D eigenvalue weighted by Gasteiger charge is -2.09. The third-order valence-electron chi connectivity index (χ3n) is 1.58. The maximum atomic E-state index is 11.4. The lowest BCUT2D eigenvalue weighted by molar-refractivity contribution is -0.320. The van der Waals surface area contributed by atoms with Gasteiger partial charge in [0.2, 0.25) is 5.78 Å². The molecule has 1 aromatic rings. The smallest absolute Gasteiger partial charge is 0.254 e. The second kappa shape index (κ2) is 4.71. The predicted molar refractivity (Wildman–Crippen MR) is 45.3 cm³/mol. The molecule has 0 fully saturated rings. The molecule has 0 aliphatic rings. The number of methoxy groups -OCH3 is 1. The summed E-state index contributed by atoms with van der Waals surface area (Å²) in [6, 6.07) is 8.47. The Kier molecular flexibility index (Phi) is 3.57. The van der Waals surface area contributed by atoms with Gasteiger partial charge in [-0.1, -0.05) is 30.3 Å². The zero-order valence-electron chi connectivity index (χ0n) is 7.14. The fraction of sp³-hybridized carbons (Fsp3) is 0.222. The first-order chi connectivity index (χ1) is 6.29. The Morgan fingerprint density at radius 1 is 1.38 bits per heavy atom. The van der Waals surface area contributed by atoms with E-state index in [4.69, 9.17) is 5.26 Å². The first kappa shape index (κ1) is 9.85. The molecule has 1 atom stereocenters. The van der Waals surface area contributed by atoms with Gasteiger partial charge in [-0.3, -0.25) is 4.79 Å². The van der Waals surface area contributed by atoms with E-state index in [1.807, 2.05) is 0 Å². The van der Waals surface area contributed by atoms with Crippen LogP contribution >= 0.6 is 0 Å². The molecule has 0 amide bonds. The molecule has 0 aliphatic carbocycles. The van der Waals surface area contributed by atoms with Crippen LogP contribution in [-0.4, -0.2) is 24.4 Å². The van der Waals surface area contributed by atoms with E-state index < -0.39 is 12.1 Å². The van der Waals surface area contributed by atoms with Gasteiger partial charge in [0.05, 0.1) is 0 Å². The molecule has 0 radical (unpaired) electrons. The zero-order chi connectivity index (χ0) is 9.68. The van der Waals surface area contributed by atoms with Crippen molar-refractivity contribution in [3.8, 4) is 0 Å². The Morgan fingerprint density at radius 2 is 2.00 bits per heavy atom. The van der Waals surface area contributed by atoms with E-state index in [1.165, 1.54) is 7.11 Å². The summed E-state index contributed by atoms with van der Waals surface area (Å²) in [6.07, 6.45) is -1.25. The third-order valence-corrected chi connectivity index (χ3v) is 1.58. The number of benzene rings is 1. The topological polar surface area (TPSA) is 55.8 Å². The average molecular weight is 182 g/mol. The fourth-order valence-electron chi connectivity index (χ4n) is 0.936. The number of ether oxygens (including phenoxy) is 1. The summed E-state index contributed by atoms with van der Waals surface area (Å²) in [7, 11) is 1.28. The second-order valence-electron chi connectivity index (χ2n) is 2.40. The van der Waals surface area contributed by atoms with Crippen molar-refractivity contribution in [3.05, 3.63) is 35.9 Å². The van der Waals surface area contributed by atoms with Crippen molar-refractivity contribution in [2.45, 2.75) is 6.29 Å². The van der Waals surface area contributed by atoms with Crippen LogP contribution in [0.5, 0.6) is 0 Å². The molecule has 0 spiro atoms. The van der Waals surface area contributed by atoms with Crippen molar-refractivity contribution in [2.24, 2.45) is 0 Å².